The molecule has 3 N–H and O–H groups in total. The van der Waals surface area contributed by atoms with Crippen molar-refractivity contribution in [2.24, 2.45) is 11.8 Å². The summed E-state index contributed by atoms with van der Waals surface area (Å²) >= 11 is 1.59. The Morgan fingerprint density at radius 3 is 2.62 bits per heavy atom. The van der Waals surface area contributed by atoms with E-state index in [0.717, 1.165) is 30.6 Å². The van der Waals surface area contributed by atoms with Crippen LogP contribution in [-0.2, 0) is 0 Å². The number of anilines is 2. The van der Waals surface area contributed by atoms with Gasteiger partial charge in [0.1, 0.15) is 4.88 Å². The van der Waals surface area contributed by atoms with Gasteiger partial charge in [-0.2, -0.15) is 0 Å². The van der Waals surface area contributed by atoms with Gasteiger partial charge in [0.05, 0.1) is 10.7 Å². The molecule has 5 heteroatoms. The number of hydrogen-bond donors (Lipinski definition) is 2. The molecule has 2 heterocycles. The Bertz CT molecular complexity index is 548. The van der Waals surface area contributed by atoms with Crippen molar-refractivity contribution in [3.05, 3.63) is 10.4 Å². The van der Waals surface area contributed by atoms with Crippen LogP contribution >= 0.6 is 11.3 Å². The van der Waals surface area contributed by atoms with Crippen LogP contribution < -0.4 is 16.0 Å². The number of rotatable bonds is 4. The molecule has 1 amide bonds. The third-order valence-electron chi connectivity index (χ3n) is 4.84. The first-order valence-electron chi connectivity index (χ1n) is 7.92. The zero-order valence-electron chi connectivity index (χ0n) is 13.1. The Morgan fingerprint density at radius 1 is 1.38 bits per heavy atom. The summed E-state index contributed by atoms with van der Waals surface area (Å²) in [5, 5.41) is 3.97. The summed E-state index contributed by atoms with van der Waals surface area (Å²) in [6.07, 6.45) is 3.67. The van der Waals surface area contributed by atoms with Gasteiger partial charge in [0.2, 0.25) is 0 Å². The number of carbonyl (C=O) groups excluding carboxylic acids is 1. The summed E-state index contributed by atoms with van der Waals surface area (Å²) in [5.74, 6) is 2.00. The minimum Gasteiger partial charge on any atom is -0.397 e. The Hall–Kier alpha value is -1.23. The van der Waals surface area contributed by atoms with E-state index in [1.807, 2.05) is 0 Å². The molecule has 2 fully saturated rings. The molecule has 1 saturated heterocycles. The highest BCUT2D eigenvalue weighted by atomic mass is 32.1. The van der Waals surface area contributed by atoms with Crippen molar-refractivity contribution in [1.29, 1.82) is 0 Å². The van der Waals surface area contributed by atoms with Gasteiger partial charge in [-0.3, -0.25) is 4.79 Å². The Labute approximate surface area is 130 Å². The topological polar surface area (TPSA) is 58.4 Å². The third-order valence-corrected chi connectivity index (χ3v) is 6.12. The fourth-order valence-corrected chi connectivity index (χ4v) is 4.53. The first-order chi connectivity index (χ1) is 10.0. The van der Waals surface area contributed by atoms with E-state index in [1.165, 1.54) is 29.8 Å². The van der Waals surface area contributed by atoms with Crippen molar-refractivity contribution in [1.82, 2.24) is 5.32 Å². The Balaban J connectivity index is 1.93. The molecule has 4 nitrogen and oxygen atoms in total. The van der Waals surface area contributed by atoms with E-state index in [9.17, 15) is 4.79 Å². The molecule has 1 aliphatic heterocycles. The number of amides is 1. The molecule has 1 saturated carbocycles. The van der Waals surface area contributed by atoms with Gasteiger partial charge in [0.25, 0.3) is 5.91 Å². The number of nitrogen functional groups attached to an aromatic ring is 1. The quantitative estimate of drug-likeness (QED) is 0.899. The van der Waals surface area contributed by atoms with Crippen molar-refractivity contribution in [3.63, 3.8) is 0 Å². The van der Waals surface area contributed by atoms with E-state index in [0.29, 0.717) is 10.8 Å². The lowest BCUT2D eigenvalue weighted by atomic mass is 9.95. The summed E-state index contributed by atoms with van der Waals surface area (Å²) in [5.41, 5.74) is 8.29. The van der Waals surface area contributed by atoms with Crippen molar-refractivity contribution in [3.8, 4) is 0 Å². The van der Waals surface area contributed by atoms with Crippen LogP contribution in [0.2, 0.25) is 0 Å². The van der Waals surface area contributed by atoms with E-state index in [-0.39, 0.29) is 5.91 Å². The van der Waals surface area contributed by atoms with Crippen molar-refractivity contribution >= 4 is 27.9 Å². The number of thiophene rings is 1. The van der Waals surface area contributed by atoms with Crippen LogP contribution in [0.1, 0.15) is 54.3 Å². The molecule has 0 bridgehead atoms. The second-order valence-corrected chi connectivity index (χ2v) is 7.65. The third kappa shape index (κ3) is 2.63. The maximum absolute atomic E-state index is 12.0. The molecule has 1 aliphatic carbocycles. The zero-order chi connectivity index (χ0) is 15.1. The lowest BCUT2D eigenvalue weighted by molar-refractivity contribution is 0.0968. The first-order valence-corrected chi connectivity index (χ1v) is 8.73. The average Bonchev–Trinajstić information content (AvgIpc) is 3.05. The van der Waals surface area contributed by atoms with E-state index in [4.69, 9.17) is 5.73 Å². The van der Waals surface area contributed by atoms with Crippen LogP contribution in [-0.4, -0.2) is 26.0 Å². The van der Waals surface area contributed by atoms with Crippen LogP contribution in [0.5, 0.6) is 0 Å². The van der Waals surface area contributed by atoms with Gasteiger partial charge in [-0.25, -0.2) is 0 Å². The Kier molecular flexibility index (Phi) is 3.86. The maximum Gasteiger partial charge on any atom is 0.263 e. The SMILES string of the molecule is CNC(=O)c1sc(N2CCC(C(C)C)C2)c(C2CC2)c1N. The molecule has 1 aromatic rings. The molecule has 0 radical (unpaired) electrons. The van der Waals surface area contributed by atoms with Crippen LogP contribution in [0.25, 0.3) is 0 Å². The molecule has 1 unspecified atom stereocenters. The molecule has 2 aliphatic rings. The number of nitrogens with zero attached hydrogens (tertiary/aromatic N) is 1. The van der Waals surface area contributed by atoms with Crippen molar-refractivity contribution < 1.29 is 4.79 Å². The smallest absolute Gasteiger partial charge is 0.263 e. The standard InChI is InChI=1S/C16H25N3OS/c1-9(2)11-6-7-19(8-11)16-12(10-4-5-10)13(17)14(21-16)15(20)18-3/h9-11H,4-8,17H2,1-3H3,(H,18,20). The highest BCUT2D eigenvalue weighted by Crippen LogP contribution is 2.52. The van der Waals surface area contributed by atoms with Crippen molar-refractivity contribution in [2.45, 2.75) is 39.0 Å². The van der Waals surface area contributed by atoms with Crippen LogP contribution in [0, 0.1) is 11.8 Å². The highest BCUT2D eigenvalue weighted by Gasteiger charge is 2.36. The van der Waals surface area contributed by atoms with E-state index in [2.05, 4.69) is 24.1 Å². The minimum atomic E-state index is -0.0507. The van der Waals surface area contributed by atoms with E-state index in [1.54, 1.807) is 18.4 Å². The van der Waals surface area contributed by atoms with E-state index >= 15 is 0 Å². The van der Waals surface area contributed by atoms with Gasteiger partial charge in [0, 0.05) is 25.7 Å². The highest BCUT2D eigenvalue weighted by molar-refractivity contribution is 7.18. The average molecular weight is 307 g/mol. The van der Waals surface area contributed by atoms with Gasteiger partial charge < -0.3 is 16.0 Å². The largest absolute Gasteiger partial charge is 0.397 e. The zero-order valence-corrected chi connectivity index (χ0v) is 13.9. The summed E-state index contributed by atoms with van der Waals surface area (Å²) < 4.78 is 0. The monoisotopic (exact) mass is 307 g/mol. The number of nitrogens with two attached hydrogens (primary N) is 1. The van der Waals surface area contributed by atoms with Crippen LogP contribution in [0.15, 0.2) is 0 Å². The predicted molar refractivity (Wildman–Crippen MR) is 89.3 cm³/mol. The lowest BCUT2D eigenvalue weighted by Crippen LogP contribution is -2.21. The van der Waals surface area contributed by atoms with Gasteiger partial charge in [-0.1, -0.05) is 13.8 Å². The fraction of sp³-hybridized carbons (Fsp3) is 0.688. The molecule has 1 aromatic heterocycles. The number of nitrogens with one attached hydrogen (secondary N) is 1. The van der Waals surface area contributed by atoms with E-state index < -0.39 is 0 Å². The Morgan fingerprint density at radius 2 is 2.10 bits per heavy atom. The molecular formula is C16H25N3OS. The molecule has 0 aromatic carbocycles. The summed E-state index contributed by atoms with van der Waals surface area (Å²) in [6, 6.07) is 0. The second-order valence-electron chi connectivity index (χ2n) is 6.66. The van der Waals surface area contributed by atoms with Gasteiger partial charge >= 0.3 is 0 Å². The minimum absolute atomic E-state index is 0.0507. The summed E-state index contributed by atoms with van der Waals surface area (Å²) in [4.78, 5) is 15.2. The molecule has 0 spiro atoms. The molecule has 3 rings (SSSR count). The first kappa shape index (κ1) is 14.7. The van der Waals surface area contributed by atoms with Gasteiger partial charge in [0.15, 0.2) is 0 Å². The number of carbonyl (C=O) groups is 1. The molecule has 21 heavy (non-hydrogen) atoms. The maximum atomic E-state index is 12.0. The molecule has 1 atom stereocenters. The summed E-state index contributed by atoms with van der Waals surface area (Å²) in [6.45, 7) is 6.80. The summed E-state index contributed by atoms with van der Waals surface area (Å²) in [7, 11) is 1.67. The number of hydrogen-bond acceptors (Lipinski definition) is 4. The fourth-order valence-electron chi connectivity index (χ4n) is 3.24. The van der Waals surface area contributed by atoms with Crippen LogP contribution in [0.4, 0.5) is 10.7 Å². The van der Waals surface area contributed by atoms with Crippen molar-refractivity contribution in [2.75, 3.05) is 30.8 Å². The normalized spacial score (nSPS) is 22.1. The van der Waals surface area contributed by atoms with Crippen LogP contribution in [0.3, 0.4) is 0 Å². The molecule has 116 valence electrons. The lowest BCUT2D eigenvalue weighted by Gasteiger charge is -2.20. The predicted octanol–water partition coefficient (Wildman–Crippen LogP) is 3.05. The second kappa shape index (κ2) is 5.52. The molecular weight excluding hydrogens is 282 g/mol. The van der Waals surface area contributed by atoms with Gasteiger partial charge in [-0.15, -0.1) is 11.3 Å². The van der Waals surface area contributed by atoms with Gasteiger partial charge in [-0.05, 0) is 37.0 Å².